The molecule has 2 aromatic carbocycles. The minimum absolute atomic E-state index is 0.0178. The lowest BCUT2D eigenvalue weighted by Crippen LogP contribution is -2.40. The quantitative estimate of drug-likeness (QED) is 0.120. The summed E-state index contributed by atoms with van der Waals surface area (Å²) in [5, 5.41) is 0. The monoisotopic (exact) mass is 989 g/mol. The van der Waals surface area contributed by atoms with E-state index in [0.29, 0.717) is 17.4 Å². The molecule has 0 unspecified atom stereocenters. The second-order valence-electron chi connectivity index (χ2n) is 17.3. The van der Waals surface area contributed by atoms with E-state index in [1.807, 2.05) is 63.2 Å². The van der Waals surface area contributed by atoms with E-state index in [-0.39, 0.29) is 18.1 Å². The number of imidazole rings is 2. The first kappa shape index (κ1) is 56.8. The normalized spacial score (nSPS) is 15.3. The Kier molecular flexibility index (Phi) is 23.8. The van der Waals surface area contributed by atoms with E-state index in [1.54, 1.807) is 34.3 Å². The Morgan fingerprint density at radius 2 is 1.10 bits per heavy atom. The second kappa shape index (κ2) is 28.1. The fourth-order valence-electron chi connectivity index (χ4n) is 7.84. The SMILES string of the molecule is C1CCOC1.CCN(CC)CC.CS(=O)(=O)Cl.Cc1ccc(-c2cn(C(=O)N(C)C3CCCCC3)cn2)cc1N.Cc1ccc(-c2cn(C(=O)N(C)C3CCCCC3)cn2)cc1NS(C)(=O)=O. The zero-order valence-corrected chi connectivity index (χ0v) is 43.6. The van der Waals surface area contributed by atoms with Gasteiger partial charge in [-0.15, -0.1) is 0 Å². The predicted octanol–water partition coefficient (Wildman–Crippen LogP) is 9.47. The number of aryl methyl sites for hydroxylation is 2. The van der Waals surface area contributed by atoms with Crippen molar-refractivity contribution in [3.63, 3.8) is 0 Å². The molecule has 3 N–H and O–H groups in total. The molecule has 16 nitrogen and oxygen atoms in total. The van der Waals surface area contributed by atoms with Crippen LogP contribution in [0.25, 0.3) is 22.5 Å². The van der Waals surface area contributed by atoms with Gasteiger partial charge in [0.1, 0.15) is 12.7 Å². The molecule has 4 aromatic rings. The van der Waals surface area contributed by atoms with Crippen LogP contribution in [-0.2, 0) is 23.8 Å². The lowest BCUT2D eigenvalue weighted by Gasteiger charge is -2.31. The molecule has 2 saturated carbocycles. The van der Waals surface area contributed by atoms with E-state index in [1.165, 1.54) is 69.1 Å². The van der Waals surface area contributed by atoms with E-state index in [0.717, 1.165) is 97.9 Å². The largest absolute Gasteiger partial charge is 0.398 e. The highest BCUT2D eigenvalue weighted by atomic mass is 35.7. The molecule has 67 heavy (non-hydrogen) atoms. The Hall–Kier alpha value is -4.49. The van der Waals surface area contributed by atoms with E-state index in [2.05, 4.69) is 51.0 Å². The zero-order valence-electron chi connectivity index (χ0n) is 41.2. The van der Waals surface area contributed by atoms with Crippen LogP contribution in [0.5, 0.6) is 0 Å². The summed E-state index contributed by atoms with van der Waals surface area (Å²) in [6.07, 6.45) is 22.7. The third kappa shape index (κ3) is 20.3. The molecule has 2 aromatic heterocycles. The Bertz CT molecular complexity index is 2330. The fourth-order valence-corrected chi connectivity index (χ4v) is 8.46. The summed E-state index contributed by atoms with van der Waals surface area (Å²) in [5.41, 5.74) is 12.1. The summed E-state index contributed by atoms with van der Waals surface area (Å²) in [7, 11) is 1.68. The maximum absolute atomic E-state index is 12.8. The van der Waals surface area contributed by atoms with Gasteiger partial charge in [-0.25, -0.2) is 36.4 Å². The van der Waals surface area contributed by atoms with Crippen LogP contribution in [0.3, 0.4) is 0 Å². The number of benzene rings is 2. The third-order valence-corrected chi connectivity index (χ3v) is 12.6. The molecule has 2 aliphatic carbocycles. The summed E-state index contributed by atoms with van der Waals surface area (Å²) in [6, 6.07) is 11.8. The highest BCUT2D eigenvalue weighted by molar-refractivity contribution is 8.13. The first-order valence-corrected chi connectivity index (χ1v) is 28.0. The average molecular weight is 991 g/mol. The molecule has 1 aliphatic heterocycles. The van der Waals surface area contributed by atoms with Crippen molar-refractivity contribution in [3.8, 4) is 22.5 Å². The molecule has 3 fully saturated rings. The van der Waals surface area contributed by atoms with Gasteiger partial charge in [-0.1, -0.05) is 83.6 Å². The zero-order chi connectivity index (χ0) is 49.7. The lowest BCUT2D eigenvalue weighted by atomic mass is 9.95. The van der Waals surface area contributed by atoms with E-state index in [9.17, 15) is 26.4 Å². The van der Waals surface area contributed by atoms with E-state index >= 15 is 0 Å². The number of sulfonamides is 1. The van der Waals surface area contributed by atoms with Crippen LogP contribution in [0.4, 0.5) is 21.0 Å². The van der Waals surface area contributed by atoms with Crippen molar-refractivity contribution in [1.82, 2.24) is 33.8 Å². The van der Waals surface area contributed by atoms with Gasteiger partial charge in [0.25, 0.3) is 0 Å². The highest BCUT2D eigenvalue weighted by Crippen LogP contribution is 2.27. The third-order valence-electron chi connectivity index (χ3n) is 12.0. The molecule has 0 atom stereocenters. The van der Waals surface area contributed by atoms with Gasteiger partial charge < -0.3 is 25.2 Å². The summed E-state index contributed by atoms with van der Waals surface area (Å²) in [5.74, 6) is 0. The van der Waals surface area contributed by atoms with Crippen LogP contribution in [0.1, 0.15) is 109 Å². The molecule has 3 aliphatic rings. The number of hydrogen-bond donors (Lipinski definition) is 2. The standard InChI is InChI=1S/C19H26N4O3S.C18H24N4O.C6H15N.C4H8O.CH3ClO2S/c1-14-9-10-15(11-17(14)21-27(3,25)26)18-12-23(13-20-18)19(24)22(2)16-7-5-4-6-8-16;1-13-8-9-14(10-16(13)19)17-11-22(12-20-17)18(23)21(2)15-6-4-3-5-7-15;1-4-7(5-2)6-3;1-2-4-5-3-1;1-5(2,3)4/h9-13,16,21H,4-8H2,1-3H3;8-12,15H,3-7,19H2,1-2H3;4-6H2,1-3H3;1-4H2;1H3. The Morgan fingerprint density at radius 3 is 1.45 bits per heavy atom. The van der Waals surface area contributed by atoms with E-state index in [4.69, 9.17) is 10.5 Å². The molecule has 7 rings (SSSR count). The second-order valence-corrected chi connectivity index (χ2v) is 22.1. The van der Waals surface area contributed by atoms with Crippen LogP contribution in [0.15, 0.2) is 61.4 Å². The fraction of sp³-hybridized carbons (Fsp3) is 0.583. The molecular weight excluding hydrogens is 914 g/mol. The minimum Gasteiger partial charge on any atom is -0.398 e. The maximum Gasteiger partial charge on any atom is 0.329 e. The topological polar surface area (TPSA) is 195 Å². The van der Waals surface area contributed by atoms with Crippen molar-refractivity contribution in [2.75, 3.05) is 69.9 Å². The van der Waals surface area contributed by atoms with Gasteiger partial charge >= 0.3 is 12.1 Å². The van der Waals surface area contributed by atoms with Crippen molar-refractivity contribution in [2.24, 2.45) is 0 Å². The number of nitrogens with zero attached hydrogens (tertiary/aromatic N) is 7. The summed E-state index contributed by atoms with van der Waals surface area (Å²) < 4.78 is 52.4. The molecule has 3 heterocycles. The average Bonchev–Trinajstić information content (AvgIpc) is 4.13. The number of hydrogen-bond acceptors (Lipinski definition) is 11. The molecule has 19 heteroatoms. The first-order chi connectivity index (χ1) is 31.6. The van der Waals surface area contributed by atoms with Crippen LogP contribution < -0.4 is 10.5 Å². The number of nitrogens with one attached hydrogen (secondary N) is 1. The number of anilines is 2. The van der Waals surface area contributed by atoms with E-state index < -0.39 is 19.1 Å². The van der Waals surface area contributed by atoms with Crippen molar-refractivity contribution >= 4 is 53.2 Å². The van der Waals surface area contributed by atoms with Gasteiger partial charge in [-0.05, 0) is 95.3 Å². The number of ether oxygens (including phenoxy) is 1. The number of nitrogens with two attached hydrogens (primary N) is 1. The van der Waals surface area contributed by atoms with Gasteiger partial charge in [0.2, 0.25) is 19.1 Å². The molecular formula is C48H76ClN9O7S2. The van der Waals surface area contributed by atoms with Gasteiger partial charge in [0.15, 0.2) is 0 Å². The molecule has 0 bridgehead atoms. The molecule has 0 spiro atoms. The Morgan fingerprint density at radius 1 is 0.701 bits per heavy atom. The Labute approximate surface area is 405 Å². The van der Waals surface area contributed by atoms with Crippen molar-refractivity contribution in [1.29, 1.82) is 0 Å². The van der Waals surface area contributed by atoms with Crippen molar-refractivity contribution < 1.29 is 31.2 Å². The number of nitrogen functional groups attached to an aromatic ring is 1. The molecule has 2 amide bonds. The van der Waals surface area contributed by atoms with Gasteiger partial charge in [-0.2, -0.15) is 0 Å². The number of carbonyl (C=O) groups is 2. The van der Waals surface area contributed by atoms with Crippen LogP contribution in [0.2, 0.25) is 0 Å². The molecule has 374 valence electrons. The van der Waals surface area contributed by atoms with Crippen molar-refractivity contribution in [3.05, 3.63) is 72.6 Å². The maximum atomic E-state index is 12.8. The van der Waals surface area contributed by atoms with Crippen LogP contribution in [-0.4, -0.2) is 134 Å². The molecule has 1 saturated heterocycles. The highest BCUT2D eigenvalue weighted by Gasteiger charge is 2.25. The van der Waals surface area contributed by atoms with Crippen LogP contribution >= 0.6 is 10.7 Å². The van der Waals surface area contributed by atoms with Crippen molar-refractivity contribution in [2.45, 2.75) is 124 Å². The van der Waals surface area contributed by atoms with Crippen LogP contribution in [0, 0.1) is 13.8 Å². The minimum atomic E-state index is -3.37. The number of aromatic nitrogens is 4. The van der Waals surface area contributed by atoms with Gasteiger partial charge in [0.05, 0.1) is 29.6 Å². The summed E-state index contributed by atoms with van der Waals surface area (Å²) in [4.78, 5) is 40.1. The summed E-state index contributed by atoms with van der Waals surface area (Å²) >= 11 is 0. The van der Waals surface area contributed by atoms with Gasteiger partial charge in [0, 0.05) is 79.3 Å². The van der Waals surface area contributed by atoms with Gasteiger partial charge in [-0.3, -0.25) is 13.9 Å². The Balaban J connectivity index is 0.000000265. The predicted molar refractivity (Wildman–Crippen MR) is 273 cm³/mol. The first-order valence-electron chi connectivity index (χ1n) is 23.4. The number of halogens is 1. The lowest BCUT2D eigenvalue weighted by molar-refractivity contribution is 0.174. The number of rotatable bonds is 9. The smallest absolute Gasteiger partial charge is 0.329 e. The number of carbonyl (C=O) groups excluding carboxylic acids is 2. The summed E-state index contributed by atoms with van der Waals surface area (Å²) in [6.45, 7) is 15.9. The molecule has 0 radical (unpaired) electrons. The number of amides is 2.